The van der Waals surface area contributed by atoms with Crippen LogP contribution in [0.5, 0.6) is 0 Å². The number of piperazine rings is 1. The van der Waals surface area contributed by atoms with Crippen LogP contribution < -0.4 is 10.2 Å². The number of nitrogens with zero attached hydrogens (tertiary/aromatic N) is 5. The third-order valence-electron chi connectivity index (χ3n) is 8.36. The smallest absolute Gasteiger partial charge is 0.410 e. The fraction of sp³-hybridized carbons (Fsp3) is 0.576. The minimum atomic E-state index is -0.568. The van der Waals surface area contributed by atoms with Gasteiger partial charge in [-0.25, -0.2) is 9.78 Å². The standard InChI is InChI=1S/C33H46N6O5S/c1-21(2)29(27-16-28(36-44-27)37-11-13-38(14-12-37)32(42)43-33(4,5)6)31(41)39-19-26(40)15-25(39)18-34-17-23-7-9-24(10-8-23)30-22(3)35-20-45-30/h7-10,16,20-21,25-26,29,34,40H,11-15,17-19H2,1-6H3/t25?,26-,29?/m1/s1. The predicted octanol–water partition coefficient (Wildman–Crippen LogP) is 4.65. The Balaban J connectivity index is 1.18. The first kappa shape index (κ1) is 32.9. The number of hydrogen-bond acceptors (Lipinski definition) is 10. The van der Waals surface area contributed by atoms with Gasteiger partial charge in [0.25, 0.3) is 0 Å². The van der Waals surface area contributed by atoms with Gasteiger partial charge in [-0.3, -0.25) is 4.79 Å². The van der Waals surface area contributed by atoms with E-state index in [1.807, 2.05) is 53.1 Å². The second-order valence-electron chi connectivity index (χ2n) is 13.4. The van der Waals surface area contributed by atoms with Crippen molar-refractivity contribution in [2.75, 3.05) is 44.2 Å². The molecule has 0 aliphatic carbocycles. The van der Waals surface area contributed by atoms with E-state index >= 15 is 0 Å². The van der Waals surface area contributed by atoms with Gasteiger partial charge >= 0.3 is 6.09 Å². The minimum absolute atomic E-state index is 0.0330. The number of ether oxygens (including phenoxy) is 1. The monoisotopic (exact) mass is 638 g/mol. The van der Waals surface area contributed by atoms with Crippen molar-refractivity contribution in [2.45, 2.75) is 78.2 Å². The van der Waals surface area contributed by atoms with E-state index in [4.69, 9.17) is 9.26 Å². The molecule has 0 radical (unpaired) electrons. The molecule has 2 saturated heterocycles. The highest BCUT2D eigenvalue weighted by Gasteiger charge is 2.40. The van der Waals surface area contributed by atoms with Gasteiger partial charge in [-0.1, -0.05) is 43.3 Å². The Hall–Kier alpha value is -3.48. The molecule has 0 bridgehead atoms. The van der Waals surface area contributed by atoms with Crippen molar-refractivity contribution in [3.8, 4) is 10.4 Å². The maximum absolute atomic E-state index is 14.0. The lowest BCUT2D eigenvalue weighted by molar-refractivity contribution is -0.135. The molecule has 2 unspecified atom stereocenters. The lowest BCUT2D eigenvalue weighted by atomic mass is 9.91. The molecular weight excluding hydrogens is 592 g/mol. The van der Waals surface area contributed by atoms with Crippen molar-refractivity contribution in [3.05, 3.63) is 52.9 Å². The van der Waals surface area contributed by atoms with Crippen LogP contribution in [0.25, 0.3) is 10.4 Å². The summed E-state index contributed by atoms with van der Waals surface area (Å²) in [7, 11) is 0. The Morgan fingerprint density at radius 3 is 2.49 bits per heavy atom. The largest absolute Gasteiger partial charge is 0.444 e. The first-order chi connectivity index (χ1) is 21.4. The molecule has 0 spiro atoms. The van der Waals surface area contributed by atoms with E-state index in [0.717, 1.165) is 16.8 Å². The summed E-state index contributed by atoms with van der Waals surface area (Å²) < 4.78 is 11.3. The van der Waals surface area contributed by atoms with Crippen LogP contribution in [-0.2, 0) is 16.1 Å². The molecule has 3 aromatic rings. The number of hydrogen-bond donors (Lipinski definition) is 2. The van der Waals surface area contributed by atoms with Crippen LogP contribution in [0.1, 0.15) is 64.0 Å². The van der Waals surface area contributed by atoms with E-state index in [1.165, 1.54) is 4.88 Å². The lowest BCUT2D eigenvalue weighted by Gasteiger charge is -2.35. The predicted molar refractivity (Wildman–Crippen MR) is 174 cm³/mol. The number of likely N-dealkylation sites (tertiary alicyclic amines) is 1. The van der Waals surface area contributed by atoms with Crippen LogP contribution in [-0.4, -0.2) is 94.1 Å². The number of aryl methyl sites for hydroxylation is 1. The first-order valence-electron chi connectivity index (χ1n) is 15.8. The summed E-state index contributed by atoms with van der Waals surface area (Å²) in [6.45, 7) is 15.3. The van der Waals surface area contributed by atoms with Crippen molar-refractivity contribution in [2.24, 2.45) is 5.92 Å². The molecule has 244 valence electrons. The van der Waals surface area contributed by atoms with Gasteiger partial charge in [0.15, 0.2) is 11.6 Å². The molecule has 2 amide bonds. The fourth-order valence-electron chi connectivity index (χ4n) is 6.03. The zero-order valence-corrected chi connectivity index (χ0v) is 28.0. The number of thiazole rings is 1. The Morgan fingerprint density at radius 1 is 1.16 bits per heavy atom. The molecule has 11 nitrogen and oxygen atoms in total. The Kier molecular flexibility index (Phi) is 10.1. The summed E-state index contributed by atoms with van der Waals surface area (Å²) in [6.07, 6.45) is -0.358. The molecule has 2 N–H and O–H groups in total. The van der Waals surface area contributed by atoms with E-state index in [0.29, 0.717) is 63.8 Å². The normalized spacial score (nSPS) is 19.8. The van der Waals surface area contributed by atoms with Gasteiger partial charge in [-0.2, -0.15) is 0 Å². The van der Waals surface area contributed by atoms with Gasteiger partial charge in [-0.15, -0.1) is 11.3 Å². The molecule has 2 aliphatic heterocycles. The second kappa shape index (κ2) is 13.9. The zero-order valence-electron chi connectivity index (χ0n) is 27.2. The molecule has 3 atom stereocenters. The quantitative estimate of drug-likeness (QED) is 0.345. The minimum Gasteiger partial charge on any atom is -0.444 e. The van der Waals surface area contributed by atoms with Crippen LogP contribution in [0.2, 0.25) is 0 Å². The molecule has 5 rings (SSSR count). The number of aliphatic hydroxyl groups excluding tert-OH is 1. The fourth-order valence-corrected chi connectivity index (χ4v) is 6.84. The highest BCUT2D eigenvalue weighted by Crippen LogP contribution is 2.33. The molecule has 2 aromatic heterocycles. The number of amides is 2. The van der Waals surface area contributed by atoms with Crippen molar-refractivity contribution in [1.82, 2.24) is 25.3 Å². The summed E-state index contributed by atoms with van der Waals surface area (Å²) in [6, 6.07) is 10.2. The summed E-state index contributed by atoms with van der Waals surface area (Å²) in [5, 5.41) is 18.4. The molecule has 0 saturated carbocycles. The van der Waals surface area contributed by atoms with Gasteiger partial charge in [0.1, 0.15) is 11.5 Å². The number of carbonyl (C=O) groups excluding carboxylic acids is 2. The van der Waals surface area contributed by atoms with Crippen molar-refractivity contribution in [1.29, 1.82) is 0 Å². The Labute approximate surface area is 269 Å². The van der Waals surface area contributed by atoms with E-state index in [2.05, 4.69) is 44.6 Å². The Morgan fingerprint density at radius 2 is 1.87 bits per heavy atom. The maximum atomic E-state index is 14.0. The van der Waals surface area contributed by atoms with Crippen LogP contribution in [0.4, 0.5) is 10.6 Å². The average molecular weight is 639 g/mol. The molecule has 2 aliphatic rings. The third kappa shape index (κ3) is 8.03. The summed E-state index contributed by atoms with van der Waals surface area (Å²) in [5.74, 6) is 0.557. The van der Waals surface area contributed by atoms with Gasteiger partial charge < -0.3 is 34.4 Å². The summed E-state index contributed by atoms with van der Waals surface area (Å²) >= 11 is 1.64. The van der Waals surface area contributed by atoms with Crippen LogP contribution in [0, 0.1) is 12.8 Å². The second-order valence-corrected chi connectivity index (χ2v) is 14.2. The first-order valence-corrected chi connectivity index (χ1v) is 16.7. The van der Waals surface area contributed by atoms with E-state index in [1.54, 1.807) is 21.1 Å². The van der Waals surface area contributed by atoms with E-state index in [-0.39, 0.29) is 24.0 Å². The lowest BCUT2D eigenvalue weighted by Crippen LogP contribution is -2.50. The number of β-amino-alcohol motifs (C(OH)–C–C–N with tert-alkyl or cyclic N) is 1. The highest BCUT2D eigenvalue weighted by atomic mass is 32.1. The molecule has 45 heavy (non-hydrogen) atoms. The molecular formula is C33H46N6O5S. The molecule has 2 fully saturated rings. The number of anilines is 1. The summed E-state index contributed by atoms with van der Waals surface area (Å²) in [5.41, 5.74) is 4.68. The number of aromatic nitrogens is 2. The van der Waals surface area contributed by atoms with Crippen LogP contribution in [0.15, 0.2) is 40.4 Å². The number of aliphatic hydroxyl groups is 1. The van der Waals surface area contributed by atoms with Crippen molar-refractivity contribution in [3.63, 3.8) is 0 Å². The van der Waals surface area contributed by atoms with Gasteiger partial charge in [0.2, 0.25) is 5.91 Å². The number of carbonyl (C=O) groups is 2. The SMILES string of the molecule is Cc1ncsc1-c1ccc(CNCC2C[C@@H](O)CN2C(=O)C(c2cc(N3CCN(C(=O)OC(C)(C)C)CC3)no2)C(C)C)cc1. The third-order valence-corrected chi connectivity index (χ3v) is 9.33. The van der Waals surface area contributed by atoms with Crippen LogP contribution in [0.3, 0.4) is 0 Å². The Bertz CT molecular complexity index is 1440. The van der Waals surface area contributed by atoms with Crippen molar-refractivity contribution >= 4 is 29.2 Å². The topological polar surface area (TPSA) is 124 Å². The van der Waals surface area contributed by atoms with Crippen molar-refractivity contribution < 1.29 is 24.0 Å². The number of nitrogens with one attached hydrogen (secondary N) is 1. The van der Waals surface area contributed by atoms with Gasteiger partial charge in [0.05, 0.1) is 22.2 Å². The van der Waals surface area contributed by atoms with E-state index in [9.17, 15) is 14.7 Å². The maximum Gasteiger partial charge on any atom is 0.410 e. The van der Waals surface area contributed by atoms with Gasteiger partial charge in [0, 0.05) is 57.9 Å². The highest BCUT2D eigenvalue weighted by molar-refractivity contribution is 7.13. The van der Waals surface area contributed by atoms with Crippen LogP contribution >= 0.6 is 11.3 Å². The molecule has 1 aromatic carbocycles. The average Bonchev–Trinajstić information content (AvgIpc) is 3.73. The van der Waals surface area contributed by atoms with Gasteiger partial charge in [-0.05, 0) is 51.2 Å². The van der Waals surface area contributed by atoms with E-state index < -0.39 is 17.6 Å². The number of benzene rings is 1. The summed E-state index contributed by atoms with van der Waals surface area (Å²) in [4.78, 5) is 37.6. The molecule has 4 heterocycles. The number of rotatable bonds is 9. The zero-order chi connectivity index (χ0) is 32.3. The molecule has 12 heteroatoms.